The van der Waals surface area contributed by atoms with Crippen molar-refractivity contribution < 1.29 is 9.90 Å². The molecule has 6 nitrogen and oxygen atoms in total. The van der Waals surface area contributed by atoms with Crippen molar-refractivity contribution in [3.63, 3.8) is 0 Å². The van der Waals surface area contributed by atoms with E-state index in [0.29, 0.717) is 25.2 Å². The van der Waals surface area contributed by atoms with Crippen LogP contribution in [0.15, 0.2) is 6.20 Å². The van der Waals surface area contributed by atoms with Crippen molar-refractivity contribution in [2.75, 3.05) is 6.54 Å². The fourth-order valence-corrected chi connectivity index (χ4v) is 1.02. The van der Waals surface area contributed by atoms with E-state index in [-0.39, 0.29) is 12.5 Å². The summed E-state index contributed by atoms with van der Waals surface area (Å²) in [6, 6.07) is 0. The van der Waals surface area contributed by atoms with E-state index in [1.807, 2.05) is 6.92 Å². The molecule has 0 spiro atoms. The van der Waals surface area contributed by atoms with E-state index in [1.54, 1.807) is 10.9 Å². The van der Waals surface area contributed by atoms with Crippen LogP contribution in [0.1, 0.15) is 19.0 Å². The van der Waals surface area contributed by atoms with Crippen molar-refractivity contribution in [2.24, 2.45) is 0 Å². The summed E-state index contributed by atoms with van der Waals surface area (Å²) in [7, 11) is 0. The van der Waals surface area contributed by atoms with Gasteiger partial charge in [-0.1, -0.05) is 5.21 Å². The average molecular weight is 198 g/mol. The van der Waals surface area contributed by atoms with Gasteiger partial charge in [0.2, 0.25) is 5.91 Å². The van der Waals surface area contributed by atoms with Crippen LogP contribution in [0.3, 0.4) is 0 Å². The second-order valence-electron chi connectivity index (χ2n) is 2.83. The maximum absolute atomic E-state index is 11.1. The molecule has 78 valence electrons. The number of nitrogens with zero attached hydrogens (tertiary/aromatic N) is 3. The van der Waals surface area contributed by atoms with Crippen LogP contribution in [0.5, 0.6) is 0 Å². The number of hydrogen-bond acceptors (Lipinski definition) is 4. The zero-order valence-corrected chi connectivity index (χ0v) is 8.10. The molecule has 0 aliphatic carbocycles. The zero-order chi connectivity index (χ0) is 10.4. The van der Waals surface area contributed by atoms with Gasteiger partial charge < -0.3 is 10.4 Å². The normalized spacial score (nSPS) is 10.1. The Morgan fingerprint density at radius 1 is 1.71 bits per heavy atom. The van der Waals surface area contributed by atoms with E-state index < -0.39 is 0 Å². The summed E-state index contributed by atoms with van der Waals surface area (Å²) in [4.78, 5) is 11.1. The third-order valence-corrected chi connectivity index (χ3v) is 1.69. The molecule has 0 fully saturated rings. The molecule has 0 unspecified atom stereocenters. The molecule has 0 saturated carbocycles. The van der Waals surface area contributed by atoms with Crippen LogP contribution < -0.4 is 5.32 Å². The lowest BCUT2D eigenvalue weighted by atomic mass is 10.4. The lowest BCUT2D eigenvalue weighted by molar-refractivity contribution is -0.121. The molecule has 0 radical (unpaired) electrons. The number of aryl methyl sites for hydroxylation is 1. The minimum atomic E-state index is -0.124. The minimum absolute atomic E-state index is 0.00597. The van der Waals surface area contributed by atoms with Crippen molar-refractivity contribution in [1.29, 1.82) is 0 Å². The Labute approximate surface area is 81.9 Å². The molecule has 0 aromatic carbocycles. The molecule has 6 heteroatoms. The van der Waals surface area contributed by atoms with E-state index in [9.17, 15) is 4.79 Å². The first kappa shape index (κ1) is 10.6. The molecule has 0 aliphatic heterocycles. The third-order valence-electron chi connectivity index (χ3n) is 1.69. The highest BCUT2D eigenvalue weighted by molar-refractivity contribution is 5.75. The highest BCUT2D eigenvalue weighted by Crippen LogP contribution is 1.93. The summed E-state index contributed by atoms with van der Waals surface area (Å²) in [6.45, 7) is 2.87. The van der Waals surface area contributed by atoms with E-state index in [1.165, 1.54) is 0 Å². The summed E-state index contributed by atoms with van der Waals surface area (Å²) < 4.78 is 1.54. The number of aliphatic hydroxyl groups excluding tert-OH is 1. The molecule has 1 aromatic heterocycles. The second kappa shape index (κ2) is 5.33. The maximum atomic E-state index is 11.1. The first-order chi connectivity index (χ1) is 6.76. The van der Waals surface area contributed by atoms with Crippen LogP contribution in [0, 0.1) is 0 Å². The smallest absolute Gasteiger partial charge is 0.221 e. The van der Waals surface area contributed by atoms with Crippen LogP contribution >= 0.6 is 0 Å². The Kier molecular flexibility index (Phi) is 4.06. The molecule has 2 N–H and O–H groups in total. The van der Waals surface area contributed by atoms with E-state index >= 15 is 0 Å². The molecule has 0 atom stereocenters. The fraction of sp³-hybridized carbons (Fsp3) is 0.625. The first-order valence-corrected chi connectivity index (χ1v) is 4.52. The average Bonchev–Trinajstić information content (AvgIpc) is 2.63. The van der Waals surface area contributed by atoms with Crippen molar-refractivity contribution in [1.82, 2.24) is 20.3 Å². The van der Waals surface area contributed by atoms with E-state index in [0.717, 1.165) is 0 Å². The van der Waals surface area contributed by atoms with Crippen molar-refractivity contribution >= 4 is 5.91 Å². The zero-order valence-electron chi connectivity index (χ0n) is 8.10. The molecule has 1 amide bonds. The maximum Gasteiger partial charge on any atom is 0.221 e. The number of aromatic nitrogens is 3. The Morgan fingerprint density at radius 3 is 3.07 bits per heavy atom. The van der Waals surface area contributed by atoms with Crippen molar-refractivity contribution in [3.05, 3.63) is 11.9 Å². The quantitative estimate of drug-likeness (QED) is 0.655. The summed E-state index contributed by atoms with van der Waals surface area (Å²) in [5.74, 6) is -0.00597. The number of nitrogens with one attached hydrogen (secondary N) is 1. The Morgan fingerprint density at radius 2 is 2.50 bits per heavy atom. The van der Waals surface area contributed by atoms with E-state index in [4.69, 9.17) is 5.11 Å². The highest BCUT2D eigenvalue weighted by atomic mass is 16.3. The number of carbonyl (C=O) groups excluding carboxylic acids is 1. The van der Waals surface area contributed by atoms with Gasteiger partial charge in [-0.25, -0.2) is 0 Å². The van der Waals surface area contributed by atoms with Gasteiger partial charge in [0.15, 0.2) is 0 Å². The number of aliphatic hydroxyl groups is 1. The first-order valence-electron chi connectivity index (χ1n) is 4.52. The van der Waals surface area contributed by atoms with Crippen LogP contribution in [0.2, 0.25) is 0 Å². The summed E-state index contributed by atoms with van der Waals surface area (Å²) in [6.07, 6.45) is 2.00. The van der Waals surface area contributed by atoms with Gasteiger partial charge in [0.1, 0.15) is 5.69 Å². The van der Waals surface area contributed by atoms with Crippen LogP contribution in [-0.2, 0) is 17.9 Å². The predicted octanol–water partition coefficient (Wildman–Crippen LogP) is -0.703. The van der Waals surface area contributed by atoms with Crippen molar-refractivity contribution in [3.8, 4) is 0 Å². The number of hydrogen-bond donors (Lipinski definition) is 2. The summed E-state index contributed by atoms with van der Waals surface area (Å²) in [5.41, 5.74) is 0.515. The van der Waals surface area contributed by atoms with Gasteiger partial charge in [-0.2, -0.15) is 0 Å². The van der Waals surface area contributed by atoms with Gasteiger partial charge in [0, 0.05) is 13.0 Å². The molecule has 0 saturated heterocycles. The van der Waals surface area contributed by atoms with Crippen LogP contribution in [0.25, 0.3) is 0 Å². The molecule has 1 rings (SSSR count). The van der Waals surface area contributed by atoms with Gasteiger partial charge in [0.05, 0.1) is 19.3 Å². The highest BCUT2D eigenvalue weighted by Gasteiger charge is 2.02. The third kappa shape index (κ3) is 3.14. The molecule has 1 aromatic rings. The second-order valence-corrected chi connectivity index (χ2v) is 2.83. The van der Waals surface area contributed by atoms with Gasteiger partial charge in [-0.15, -0.1) is 5.10 Å². The number of rotatable bonds is 5. The summed E-state index contributed by atoms with van der Waals surface area (Å²) in [5, 5.41) is 18.8. The van der Waals surface area contributed by atoms with E-state index in [2.05, 4.69) is 15.6 Å². The van der Waals surface area contributed by atoms with Crippen LogP contribution in [-0.4, -0.2) is 32.6 Å². The lowest BCUT2D eigenvalue weighted by Gasteiger charge is -2.00. The molecule has 0 bridgehead atoms. The predicted molar refractivity (Wildman–Crippen MR) is 49.2 cm³/mol. The van der Waals surface area contributed by atoms with Gasteiger partial charge in [-0.05, 0) is 6.92 Å². The topological polar surface area (TPSA) is 80.0 Å². The monoisotopic (exact) mass is 198 g/mol. The van der Waals surface area contributed by atoms with Crippen LogP contribution in [0.4, 0.5) is 0 Å². The fourth-order valence-electron chi connectivity index (χ4n) is 1.02. The van der Waals surface area contributed by atoms with Gasteiger partial charge >= 0.3 is 0 Å². The molecular formula is C8H14N4O2. The molecule has 0 aliphatic rings. The largest absolute Gasteiger partial charge is 0.390 e. The number of carbonyl (C=O) groups is 1. The standard InChI is InChI=1S/C8H14N4O2/c1-2-9-8(14)3-4-12-5-7(6-13)10-11-12/h5,13H,2-4,6H2,1H3,(H,9,14). The van der Waals surface area contributed by atoms with Gasteiger partial charge in [-0.3, -0.25) is 9.48 Å². The molecular weight excluding hydrogens is 184 g/mol. The number of amides is 1. The molecule has 14 heavy (non-hydrogen) atoms. The SMILES string of the molecule is CCNC(=O)CCn1cc(CO)nn1. The lowest BCUT2D eigenvalue weighted by Crippen LogP contribution is -2.23. The van der Waals surface area contributed by atoms with Gasteiger partial charge in [0.25, 0.3) is 0 Å². The van der Waals surface area contributed by atoms with Crippen molar-refractivity contribution in [2.45, 2.75) is 26.5 Å². The summed E-state index contributed by atoms with van der Waals surface area (Å²) >= 11 is 0. The molecule has 1 heterocycles. The Balaban J connectivity index is 2.34. The Hall–Kier alpha value is -1.43. The minimum Gasteiger partial charge on any atom is -0.390 e. The Bertz CT molecular complexity index is 297.